The van der Waals surface area contributed by atoms with Gasteiger partial charge in [0.15, 0.2) is 0 Å². The van der Waals surface area contributed by atoms with E-state index >= 15 is 0 Å². The van der Waals surface area contributed by atoms with Crippen molar-refractivity contribution in [2.24, 2.45) is 0 Å². The van der Waals surface area contributed by atoms with E-state index in [1.54, 1.807) is 0 Å². The van der Waals surface area contributed by atoms with E-state index in [9.17, 15) is 0 Å². The van der Waals surface area contributed by atoms with E-state index in [1.807, 2.05) is 0 Å². The van der Waals surface area contributed by atoms with Crippen LogP contribution in [0.25, 0.3) is 60.5 Å². The molecule has 276 valence electrons. The van der Waals surface area contributed by atoms with Crippen molar-refractivity contribution in [3.63, 3.8) is 0 Å². The zero-order valence-electron chi connectivity index (χ0n) is 33.6. The normalized spacial score (nSPS) is 15.6. The van der Waals surface area contributed by atoms with Crippen molar-refractivity contribution >= 4 is 49.6 Å². The molecule has 57 heavy (non-hydrogen) atoms. The van der Waals surface area contributed by atoms with Gasteiger partial charge in [0.2, 0.25) is 0 Å². The lowest BCUT2D eigenvalue weighted by atomic mass is 9.55. The van der Waals surface area contributed by atoms with Crippen molar-refractivity contribution in [1.29, 1.82) is 0 Å². The molecule has 0 atom stereocenters. The van der Waals surface area contributed by atoms with Crippen LogP contribution in [0, 0.1) is 0 Å². The molecule has 0 fully saturated rings. The van der Waals surface area contributed by atoms with Gasteiger partial charge in [0.25, 0.3) is 0 Å². The number of hydrogen-bond donors (Lipinski definition) is 0. The fourth-order valence-corrected chi connectivity index (χ4v) is 10.5. The maximum absolute atomic E-state index is 2.59. The van der Waals surface area contributed by atoms with Crippen molar-refractivity contribution in [3.05, 3.63) is 192 Å². The second-order valence-electron chi connectivity index (χ2n) is 17.8. The smallest absolute Gasteiger partial charge is 0.0782 e. The molecule has 0 spiro atoms. The minimum atomic E-state index is -0.174. The monoisotopic (exact) mass is 734 g/mol. The van der Waals surface area contributed by atoms with Crippen LogP contribution in [0.3, 0.4) is 0 Å². The fraction of sp³-hybridized carbons (Fsp3) is 0.164. The van der Waals surface area contributed by atoms with Gasteiger partial charge in [0.05, 0.1) is 22.4 Å². The van der Waals surface area contributed by atoms with E-state index in [0.717, 1.165) is 17.1 Å². The third kappa shape index (κ3) is 4.53. The molecule has 2 heteroatoms. The van der Waals surface area contributed by atoms with Gasteiger partial charge < -0.3 is 9.47 Å². The van der Waals surface area contributed by atoms with Gasteiger partial charge in [-0.25, -0.2) is 0 Å². The quantitative estimate of drug-likeness (QED) is 0.175. The Bertz CT molecular complexity index is 3100. The van der Waals surface area contributed by atoms with E-state index in [2.05, 4.69) is 221 Å². The standard InChI is InChI=1S/C55H46N2/c1-53(2)44-27-15-13-25-43(44)51-41-24-11-10-22-39(41)50(34-47(51)53)56(36-31-32-38-37-21-12-16-28-45(37)54(3,4)55(5,6)46(38)33-36)49-30-18-26-42-40-23-14-17-29-48(40)57(52(42)49)35-19-8-7-9-20-35/h7-34H,1-6H3. The van der Waals surface area contributed by atoms with Crippen LogP contribution in [0.5, 0.6) is 0 Å². The van der Waals surface area contributed by atoms with E-state index in [0.29, 0.717) is 0 Å². The van der Waals surface area contributed by atoms with Crippen LogP contribution in [0.2, 0.25) is 0 Å². The second-order valence-corrected chi connectivity index (χ2v) is 17.8. The molecule has 1 heterocycles. The molecular weight excluding hydrogens is 689 g/mol. The van der Waals surface area contributed by atoms with Gasteiger partial charge in [-0.3, -0.25) is 0 Å². The number of fused-ring (bicyclic) bond motifs is 11. The zero-order valence-corrected chi connectivity index (χ0v) is 33.6. The number of aromatic nitrogens is 1. The topological polar surface area (TPSA) is 8.17 Å². The number of anilines is 3. The first-order valence-electron chi connectivity index (χ1n) is 20.4. The predicted octanol–water partition coefficient (Wildman–Crippen LogP) is 14.9. The van der Waals surface area contributed by atoms with Crippen LogP contribution < -0.4 is 4.90 Å². The van der Waals surface area contributed by atoms with Gasteiger partial charge in [-0.05, 0) is 103 Å². The molecule has 2 nitrogen and oxygen atoms in total. The van der Waals surface area contributed by atoms with Crippen LogP contribution in [0.1, 0.15) is 63.8 Å². The number of benzene rings is 8. The highest BCUT2D eigenvalue weighted by Crippen LogP contribution is 2.58. The Kier molecular flexibility index (Phi) is 7.03. The average molecular weight is 735 g/mol. The maximum atomic E-state index is 2.59. The Balaban J connectivity index is 1.29. The molecular formula is C55H46N2. The summed E-state index contributed by atoms with van der Waals surface area (Å²) in [7, 11) is 0. The first-order chi connectivity index (χ1) is 27.6. The summed E-state index contributed by atoms with van der Waals surface area (Å²) in [6.07, 6.45) is 0. The first kappa shape index (κ1) is 33.9. The molecule has 1 aromatic heterocycles. The summed E-state index contributed by atoms with van der Waals surface area (Å²) >= 11 is 0. The lowest BCUT2D eigenvalue weighted by Crippen LogP contribution is -2.43. The Morgan fingerprint density at radius 1 is 0.404 bits per heavy atom. The van der Waals surface area contributed by atoms with Crippen molar-refractivity contribution in [1.82, 2.24) is 4.57 Å². The molecule has 0 N–H and O–H groups in total. The highest BCUT2D eigenvalue weighted by atomic mass is 15.2. The van der Waals surface area contributed by atoms with Crippen molar-refractivity contribution in [2.75, 3.05) is 4.90 Å². The first-order valence-corrected chi connectivity index (χ1v) is 20.4. The molecule has 8 aromatic carbocycles. The minimum Gasteiger partial charge on any atom is -0.308 e. The van der Waals surface area contributed by atoms with Crippen molar-refractivity contribution in [3.8, 4) is 27.9 Å². The molecule has 0 unspecified atom stereocenters. The van der Waals surface area contributed by atoms with Gasteiger partial charge in [0.1, 0.15) is 0 Å². The summed E-state index contributed by atoms with van der Waals surface area (Å²) in [5.41, 5.74) is 17.5. The van der Waals surface area contributed by atoms with Gasteiger partial charge >= 0.3 is 0 Å². The third-order valence-electron chi connectivity index (χ3n) is 14.1. The van der Waals surface area contributed by atoms with Gasteiger partial charge in [-0.2, -0.15) is 0 Å². The van der Waals surface area contributed by atoms with E-state index < -0.39 is 0 Å². The SMILES string of the molecule is CC1(C)c2ccccc2-c2c1cc(N(c1ccc3c(c1)C(C)(C)C(C)(C)c1ccccc1-3)c1cccc3c4ccccc4n(-c4ccccc4)c13)c1ccccc21. The Labute approximate surface area is 335 Å². The zero-order chi connectivity index (χ0) is 38.8. The fourth-order valence-electron chi connectivity index (χ4n) is 10.5. The number of rotatable bonds is 4. The molecule has 0 bridgehead atoms. The molecule has 9 aromatic rings. The maximum Gasteiger partial charge on any atom is 0.0782 e. The van der Waals surface area contributed by atoms with Crippen LogP contribution in [0.4, 0.5) is 17.1 Å². The summed E-state index contributed by atoms with van der Waals surface area (Å²) in [5, 5.41) is 5.02. The summed E-state index contributed by atoms with van der Waals surface area (Å²) in [6.45, 7) is 14.5. The summed E-state index contributed by atoms with van der Waals surface area (Å²) < 4.78 is 2.48. The van der Waals surface area contributed by atoms with E-state index in [-0.39, 0.29) is 16.2 Å². The molecule has 2 aliphatic carbocycles. The Morgan fingerprint density at radius 2 is 1.00 bits per heavy atom. The van der Waals surface area contributed by atoms with Gasteiger partial charge in [-0.15, -0.1) is 0 Å². The van der Waals surface area contributed by atoms with Crippen molar-refractivity contribution < 1.29 is 0 Å². The molecule has 2 aliphatic rings. The van der Waals surface area contributed by atoms with Gasteiger partial charge in [0, 0.05) is 32.9 Å². The highest BCUT2D eigenvalue weighted by Gasteiger charge is 2.46. The summed E-state index contributed by atoms with van der Waals surface area (Å²) in [5.74, 6) is 0. The number of hydrogen-bond acceptors (Lipinski definition) is 1. The van der Waals surface area contributed by atoms with Crippen LogP contribution in [-0.2, 0) is 16.2 Å². The summed E-state index contributed by atoms with van der Waals surface area (Å²) in [4.78, 5) is 2.59. The van der Waals surface area contributed by atoms with Crippen LogP contribution in [0.15, 0.2) is 170 Å². The predicted molar refractivity (Wildman–Crippen MR) is 242 cm³/mol. The summed E-state index contributed by atoms with van der Waals surface area (Å²) in [6, 6.07) is 63.6. The Morgan fingerprint density at radius 3 is 1.79 bits per heavy atom. The second kappa shape index (κ2) is 11.8. The minimum absolute atomic E-state index is 0.0874. The molecule has 0 amide bonds. The van der Waals surface area contributed by atoms with E-state index in [1.165, 1.54) is 82.8 Å². The van der Waals surface area contributed by atoms with Crippen molar-refractivity contribution in [2.45, 2.75) is 57.8 Å². The molecule has 11 rings (SSSR count). The van der Waals surface area contributed by atoms with E-state index in [4.69, 9.17) is 0 Å². The highest BCUT2D eigenvalue weighted by molar-refractivity contribution is 6.16. The third-order valence-corrected chi connectivity index (χ3v) is 14.1. The van der Waals surface area contributed by atoms with Crippen LogP contribution in [-0.4, -0.2) is 4.57 Å². The largest absolute Gasteiger partial charge is 0.308 e. The number of nitrogens with zero attached hydrogens (tertiary/aromatic N) is 2. The molecule has 0 saturated heterocycles. The lowest BCUT2D eigenvalue weighted by molar-refractivity contribution is 0.299. The molecule has 0 aliphatic heterocycles. The lowest BCUT2D eigenvalue weighted by Gasteiger charge is -2.48. The number of para-hydroxylation sites is 3. The van der Waals surface area contributed by atoms with Crippen LogP contribution >= 0.6 is 0 Å². The molecule has 0 saturated carbocycles. The Hall–Kier alpha value is -6.38. The molecule has 0 radical (unpaired) electrons. The average Bonchev–Trinajstić information content (AvgIpc) is 3.70. The van der Waals surface area contributed by atoms with Gasteiger partial charge in [-0.1, -0.05) is 169 Å².